The Balaban J connectivity index is 1.63. The van der Waals surface area contributed by atoms with Gasteiger partial charge in [0.1, 0.15) is 0 Å². The molecule has 1 amide bonds. The van der Waals surface area contributed by atoms with E-state index in [0.717, 1.165) is 49.9 Å². The number of aromatic nitrogens is 2. The number of carbonyl (C=O) groups is 1. The van der Waals surface area contributed by atoms with E-state index in [1.807, 2.05) is 23.1 Å². The first-order valence-corrected chi connectivity index (χ1v) is 8.70. The van der Waals surface area contributed by atoms with Gasteiger partial charge in [-0.25, -0.2) is 4.79 Å². The highest BCUT2D eigenvalue weighted by molar-refractivity contribution is 5.97. The zero-order valence-corrected chi connectivity index (χ0v) is 14.3. The molecule has 2 aliphatic heterocycles. The van der Waals surface area contributed by atoms with Crippen LogP contribution in [0.5, 0.6) is 0 Å². The average Bonchev–Trinajstić information content (AvgIpc) is 3.04. The Kier molecular flexibility index (Phi) is 3.53. The summed E-state index contributed by atoms with van der Waals surface area (Å²) in [7, 11) is 1.72. The van der Waals surface area contributed by atoms with Crippen LogP contribution in [0.4, 0.5) is 0 Å². The minimum Gasteiger partial charge on any atom is -0.335 e. The average molecular weight is 328 g/mol. The van der Waals surface area contributed by atoms with Crippen LogP contribution in [0.2, 0.25) is 0 Å². The fourth-order valence-electron chi connectivity index (χ4n) is 4.43. The number of imidazole rings is 1. The van der Waals surface area contributed by atoms with Crippen LogP contribution in [0.25, 0.3) is 11.0 Å². The van der Waals surface area contributed by atoms with Gasteiger partial charge in [-0.2, -0.15) is 0 Å². The van der Waals surface area contributed by atoms with Gasteiger partial charge in [0.2, 0.25) is 0 Å². The normalized spacial score (nSPS) is 23.2. The van der Waals surface area contributed by atoms with Gasteiger partial charge >= 0.3 is 5.69 Å². The highest BCUT2D eigenvalue weighted by Crippen LogP contribution is 2.42. The molecule has 6 heteroatoms. The fraction of sp³-hybridized carbons (Fsp3) is 0.556. The van der Waals surface area contributed by atoms with Gasteiger partial charge in [-0.1, -0.05) is 0 Å². The van der Waals surface area contributed by atoms with Crippen LogP contribution in [-0.4, -0.2) is 46.0 Å². The molecule has 2 saturated heterocycles. The van der Waals surface area contributed by atoms with E-state index in [4.69, 9.17) is 0 Å². The van der Waals surface area contributed by atoms with Crippen LogP contribution in [0.1, 0.15) is 36.5 Å². The van der Waals surface area contributed by atoms with Crippen molar-refractivity contribution in [1.82, 2.24) is 19.8 Å². The predicted molar refractivity (Wildman–Crippen MR) is 93.2 cm³/mol. The van der Waals surface area contributed by atoms with Crippen molar-refractivity contribution in [3.63, 3.8) is 0 Å². The number of fused-ring (bicyclic) bond motifs is 1. The molecule has 1 aromatic heterocycles. The maximum atomic E-state index is 13.1. The van der Waals surface area contributed by atoms with E-state index >= 15 is 0 Å². The number of H-pyrrole nitrogens is 1. The van der Waals surface area contributed by atoms with Crippen LogP contribution < -0.4 is 11.0 Å². The van der Waals surface area contributed by atoms with E-state index in [2.05, 4.69) is 17.2 Å². The third kappa shape index (κ3) is 2.36. The zero-order chi connectivity index (χ0) is 16.9. The molecule has 2 N–H and O–H groups in total. The first-order chi connectivity index (χ1) is 11.5. The molecule has 2 aliphatic rings. The highest BCUT2D eigenvalue weighted by atomic mass is 16.2. The molecular weight excluding hydrogens is 304 g/mol. The summed E-state index contributed by atoms with van der Waals surface area (Å²) in [6.07, 6.45) is 3.38. The van der Waals surface area contributed by atoms with Crippen LogP contribution in [-0.2, 0) is 7.05 Å². The van der Waals surface area contributed by atoms with Crippen LogP contribution in [0.3, 0.4) is 0 Å². The van der Waals surface area contributed by atoms with Crippen molar-refractivity contribution in [1.29, 1.82) is 0 Å². The lowest BCUT2D eigenvalue weighted by Crippen LogP contribution is -2.40. The summed E-state index contributed by atoms with van der Waals surface area (Å²) < 4.78 is 1.55. The zero-order valence-electron chi connectivity index (χ0n) is 14.3. The van der Waals surface area contributed by atoms with Gasteiger partial charge in [0.05, 0.1) is 11.0 Å². The molecule has 4 rings (SSSR count). The van der Waals surface area contributed by atoms with E-state index in [1.165, 1.54) is 0 Å². The Labute approximate surface area is 140 Å². The van der Waals surface area contributed by atoms with Gasteiger partial charge in [-0.3, -0.25) is 9.36 Å². The molecule has 1 unspecified atom stereocenters. The van der Waals surface area contributed by atoms with E-state index < -0.39 is 0 Å². The smallest absolute Gasteiger partial charge is 0.326 e. The monoisotopic (exact) mass is 328 g/mol. The number of likely N-dealkylation sites (tertiary alicyclic amines) is 1. The van der Waals surface area contributed by atoms with Gasteiger partial charge in [-0.15, -0.1) is 0 Å². The Morgan fingerprint density at radius 3 is 2.79 bits per heavy atom. The summed E-state index contributed by atoms with van der Waals surface area (Å²) in [5.41, 5.74) is 2.33. The summed E-state index contributed by atoms with van der Waals surface area (Å²) in [6, 6.07) is 5.74. The van der Waals surface area contributed by atoms with Gasteiger partial charge in [0, 0.05) is 25.2 Å². The number of hydrogen-bond acceptors (Lipinski definition) is 3. The molecule has 0 saturated carbocycles. The first kappa shape index (κ1) is 15.4. The number of aryl methyl sites for hydroxylation is 1. The number of benzene rings is 1. The summed E-state index contributed by atoms with van der Waals surface area (Å²) in [4.78, 5) is 29.6. The second-order valence-corrected chi connectivity index (χ2v) is 7.46. The number of rotatable bonds is 1. The van der Waals surface area contributed by atoms with E-state index in [9.17, 15) is 9.59 Å². The minimum absolute atomic E-state index is 0.0773. The predicted octanol–water partition coefficient (Wildman–Crippen LogP) is 1.47. The molecule has 1 atom stereocenters. The van der Waals surface area contributed by atoms with Crippen LogP contribution in [0.15, 0.2) is 23.0 Å². The third-order valence-corrected chi connectivity index (χ3v) is 5.84. The van der Waals surface area contributed by atoms with Crippen molar-refractivity contribution in [2.24, 2.45) is 12.5 Å². The number of hydrogen-bond donors (Lipinski definition) is 2. The second-order valence-electron chi connectivity index (χ2n) is 7.46. The first-order valence-electron chi connectivity index (χ1n) is 8.70. The number of nitrogens with one attached hydrogen (secondary N) is 2. The summed E-state index contributed by atoms with van der Waals surface area (Å²) in [5.74, 6) is 0.0773. The van der Waals surface area contributed by atoms with Crippen LogP contribution in [0, 0.1) is 5.41 Å². The Bertz CT molecular complexity index is 844. The Hall–Kier alpha value is -2.08. The molecule has 1 spiro atoms. The highest BCUT2D eigenvalue weighted by Gasteiger charge is 2.44. The number of aromatic amines is 1. The molecule has 0 aliphatic carbocycles. The number of nitrogens with zero attached hydrogens (tertiary/aromatic N) is 2. The number of amides is 1. The molecular formula is C18H24N4O2. The summed E-state index contributed by atoms with van der Waals surface area (Å²) in [5, 5.41) is 3.42. The van der Waals surface area contributed by atoms with Gasteiger partial charge in [0.15, 0.2) is 0 Å². The molecule has 2 aromatic rings. The number of piperidine rings is 1. The standard InChI is InChI=1S/C18H24N4O2/c1-12-10-18(5-7-19-8-6-18)11-22(12)16(23)13-3-4-14-15(9-13)21(2)17(24)20-14/h3-4,9,12,19H,5-8,10-11H2,1-2H3,(H,20,24). The van der Waals surface area contributed by atoms with Gasteiger partial charge in [0.25, 0.3) is 5.91 Å². The summed E-state index contributed by atoms with van der Waals surface area (Å²) >= 11 is 0. The molecule has 0 bridgehead atoms. The van der Waals surface area contributed by atoms with Crippen molar-refractivity contribution in [3.05, 3.63) is 34.2 Å². The van der Waals surface area contributed by atoms with Crippen molar-refractivity contribution in [2.75, 3.05) is 19.6 Å². The van der Waals surface area contributed by atoms with Crippen molar-refractivity contribution < 1.29 is 4.79 Å². The number of carbonyl (C=O) groups excluding carboxylic acids is 1. The fourth-order valence-corrected chi connectivity index (χ4v) is 4.43. The molecule has 128 valence electrons. The molecule has 1 aromatic carbocycles. The Morgan fingerprint density at radius 2 is 2.04 bits per heavy atom. The van der Waals surface area contributed by atoms with E-state index in [1.54, 1.807) is 11.6 Å². The SMILES string of the molecule is CC1CC2(CCNCC2)CN1C(=O)c1ccc2[nH]c(=O)n(C)c2c1. The molecule has 2 fully saturated rings. The lowest BCUT2D eigenvalue weighted by Gasteiger charge is -2.33. The third-order valence-electron chi connectivity index (χ3n) is 5.84. The maximum absolute atomic E-state index is 13.1. The minimum atomic E-state index is -0.155. The molecule has 24 heavy (non-hydrogen) atoms. The van der Waals surface area contributed by atoms with Gasteiger partial charge < -0.3 is 15.2 Å². The molecule has 0 radical (unpaired) electrons. The lowest BCUT2D eigenvalue weighted by molar-refractivity contribution is 0.0723. The maximum Gasteiger partial charge on any atom is 0.326 e. The van der Waals surface area contributed by atoms with E-state index in [0.29, 0.717) is 5.56 Å². The van der Waals surface area contributed by atoms with Gasteiger partial charge in [-0.05, 0) is 62.9 Å². The topological polar surface area (TPSA) is 70.1 Å². The largest absolute Gasteiger partial charge is 0.335 e. The summed E-state index contributed by atoms with van der Waals surface area (Å²) in [6.45, 7) is 5.09. The van der Waals surface area contributed by atoms with E-state index in [-0.39, 0.29) is 23.1 Å². The molecule has 6 nitrogen and oxygen atoms in total. The quantitative estimate of drug-likeness (QED) is 0.833. The lowest BCUT2D eigenvalue weighted by atomic mass is 9.77. The van der Waals surface area contributed by atoms with Crippen molar-refractivity contribution >= 4 is 16.9 Å². The molecule has 3 heterocycles. The Morgan fingerprint density at radius 1 is 1.29 bits per heavy atom. The second kappa shape index (κ2) is 5.48. The van der Waals surface area contributed by atoms with Crippen LogP contribution >= 0.6 is 0 Å². The van der Waals surface area contributed by atoms with Crippen molar-refractivity contribution in [3.8, 4) is 0 Å². The van der Waals surface area contributed by atoms with Crippen molar-refractivity contribution in [2.45, 2.75) is 32.2 Å².